The number of hydrogen-bond acceptors (Lipinski definition) is 2. The topological polar surface area (TPSA) is 49.0 Å². The molecule has 0 atom stereocenters. The third-order valence-electron chi connectivity index (χ3n) is 2.54. The lowest BCUT2D eigenvalue weighted by molar-refractivity contribution is -0.125. The van der Waals surface area contributed by atoms with Gasteiger partial charge in [0.1, 0.15) is 5.82 Å². The maximum atomic E-state index is 11.8. The highest BCUT2D eigenvalue weighted by molar-refractivity contribution is 5.91. The first-order valence-electron chi connectivity index (χ1n) is 5.72. The number of benzene rings is 1. The molecule has 0 aliphatic rings. The van der Waals surface area contributed by atoms with Gasteiger partial charge >= 0.3 is 0 Å². The number of nitrogens with one attached hydrogen (secondary N) is 1. The lowest BCUT2D eigenvalue weighted by Gasteiger charge is -2.12. The molecule has 92 valence electrons. The molecule has 0 spiro atoms. The molecule has 0 bridgehead atoms. The average molecular weight is 241 g/mol. The van der Waals surface area contributed by atoms with Crippen molar-refractivity contribution in [3.63, 3.8) is 0 Å². The largest absolute Gasteiger partial charge is 0.347 e. The van der Waals surface area contributed by atoms with E-state index < -0.39 is 0 Å². The molecule has 1 amide bonds. The van der Waals surface area contributed by atoms with E-state index in [1.165, 1.54) is 0 Å². The molecule has 1 aromatic heterocycles. The van der Waals surface area contributed by atoms with Crippen LogP contribution in [-0.4, -0.2) is 27.8 Å². The molecule has 0 radical (unpaired) electrons. The number of hydrogen-bond donors (Lipinski definition) is 1. The fourth-order valence-corrected chi connectivity index (χ4v) is 1.55. The van der Waals surface area contributed by atoms with Crippen molar-refractivity contribution in [2.75, 3.05) is 7.05 Å². The van der Waals surface area contributed by atoms with Crippen molar-refractivity contribution in [2.45, 2.75) is 6.54 Å². The second-order valence-electron chi connectivity index (χ2n) is 3.97. The van der Waals surface area contributed by atoms with E-state index in [0.717, 1.165) is 11.4 Å². The Bertz CT molecular complexity index is 517. The Morgan fingerprint density at radius 2 is 2.17 bits per heavy atom. The first-order valence-corrected chi connectivity index (χ1v) is 5.72. The first kappa shape index (κ1) is 12.1. The summed E-state index contributed by atoms with van der Waals surface area (Å²) in [5, 5.41) is 0. The van der Waals surface area contributed by atoms with Gasteiger partial charge in [0.25, 0.3) is 0 Å². The molecule has 2 rings (SSSR count). The Kier molecular flexibility index (Phi) is 3.91. The number of imidazole rings is 1. The highest BCUT2D eigenvalue weighted by atomic mass is 16.2. The van der Waals surface area contributed by atoms with Gasteiger partial charge in [-0.25, -0.2) is 4.98 Å². The van der Waals surface area contributed by atoms with Crippen LogP contribution in [0.2, 0.25) is 0 Å². The number of aromatic nitrogens is 2. The standard InChI is InChI=1S/C14H15N3O/c1-17(11-13-15-9-10-16-13)14(18)8-7-12-5-3-2-4-6-12/h2-10H,11H2,1H3,(H,15,16). The van der Waals surface area contributed by atoms with Gasteiger partial charge in [0, 0.05) is 25.5 Å². The quantitative estimate of drug-likeness (QED) is 0.833. The van der Waals surface area contributed by atoms with Crippen LogP contribution in [0.25, 0.3) is 6.08 Å². The van der Waals surface area contributed by atoms with Crippen LogP contribution in [0.1, 0.15) is 11.4 Å². The van der Waals surface area contributed by atoms with E-state index in [0.29, 0.717) is 6.54 Å². The van der Waals surface area contributed by atoms with Gasteiger partial charge in [-0.1, -0.05) is 30.3 Å². The van der Waals surface area contributed by atoms with E-state index in [4.69, 9.17) is 0 Å². The number of carbonyl (C=O) groups excluding carboxylic acids is 1. The molecule has 18 heavy (non-hydrogen) atoms. The Morgan fingerprint density at radius 1 is 1.39 bits per heavy atom. The normalized spacial score (nSPS) is 10.7. The van der Waals surface area contributed by atoms with Crippen molar-refractivity contribution in [3.8, 4) is 0 Å². The lowest BCUT2D eigenvalue weighted by Crippen LogP contribution is -2.24. The number of likely N-dealkylation sites (N-methyl/N-ethyl adjacent to an activating group) is 1. The maximum absolute atomic E-state index is 11.8. The Balaban J connectivity index is 1.93. The van der Waals surface area contributed by atoms with Gasteiger partial charge in [-0.3, -0.25) is 4.79 Å². The second-order valence-corrected chi connectivity index (χ2v) is 3.97. The molecular formula is C14H15N3O. The van der Waals surface area contributed by atoms with Crippen LogP contribution in [0.3, 0.4) is 0 Å². The fourth-order valence-electron chi connectivity index (χ4n) is 1.55. The second kappa shape index (κ2) is 5.82. The number of aromatic amines is 1. The van der Waals surface area contributed by atoms with Crippen LogP contribution in [0.15, 0.2) is 48.8 Å². The lowest BCUT2D eigenvalue weighted by atomic mass is 10.2. The summed E-state index contributed by atoms with van der Waals surface area (Å²) in [4.78, 5) is 20.5. The molecule has 1 aromatic carbocycles. The van der Waals surface area contributed by atoms with Gasteiger partial charge in [0.05, 0.1) is 6.54 Å². The summed E-state index contributed by atoms with van der Waals surface area (Å²) >= 11 is 0. The number of rotatable bonds is 4. The predicted octanol–water partition coefficient (Wildman–Crippen LogP) is 2.08. The van der Waals surface area contributed by atoms with Crippen LogP contribution in [0, 0.1) is 0 Å². The monoisotopic (exact) mass is 241 g/mol. The summed E-state index contributed by atoms with van der Waals surface area (Å²) < 4.78 is 0. The van der Waals surface area contributed by atoms with E-state index in [2.05, 4.69) is 9.97 Å². The Morgan fingerprint density at radius 3 is 2.83 bits per heavy atom. The van der Waals surface area contributed by atoms with Gasteiger partial charge in [-0.15, -0.1) is 0 Å². The van der Waals surface area contributed by atoms with Crippen LogP contribution in [0.5, 0.6) is 0 Å². The van der Waals surface area contributed by atoms with Crippen LogP contribution in [-0.2, 0) is 11.3 Å². The zero-order valence-corrected chi connectivity index (χ0v) is 10.2. The minimum Gasteiger partial charge on any atom is -0.347 e. The molecular weight excluding hydrogens is 226 g/mol. The predicted molar refractivity (Wildman–Crippen MR) is 70.5 cm³/mol. The molecule has 1 heterocycles. The number of nitrogens with zero attached hydrogens (tertiary/aromatic N) is 2. The van der Waals surface area contributed by atoms with Gasteiger partial charge in [-0.2, -0.15) is 0 Å². The van der Waals surface area contributed by atoms with Crippen LogP contribution in [0.4, 0.5) is 0 Å². The average Bonchev–Trinajstić information content (AvgIpc) is 2.90. The summed E-state index contributed by atoms with van der Waals surface area (Å²) in [5.74, 6) is 0.731. The number of carbonyl (C=O) groups is 1. The number of H-pyrrole nitrogens is 1. The van der Waals surface area contributed by atoms with Crippen molar-refractivity contribution in [2.24, 2.45) is 0 Å². The van der Waals surface area contributed by atoms with Gasteiger partial charge in [0.2, 0.25) is 5.91 Å². The summed E-state index contributed by atoms with van der Waals surface area (Å²) in [7, 11) is 1.75. The third-order valence-corrected chi connectivity index (χ3v) is 2.54. The van der Waals surface area contributed by atoms with Crippen molar-refractivity contribution in [1.82, 2.24) is 14.9 Å². The Labute approximate surface area is 106 Å². The molecule has 0 saturated heterocycles. The highest BCUT2D eigenvalue weighted by Gasteiger charge is 2.06. The zero-order chi connectivity index (χ0) is 12.8. The van der Waals surface area contributed by atoms with Crippen molar-refractivity contribution >= 4 is 12.0 Å². The van der Waals surface area contributed by atoms with E-state index in [1.807, 2.05) is 30.3 Å². The van der Waals surface area contributed by atoms with E-state index in [1.54, 1.807) is 36.5 Å². The summed E-state index contributed by atoms with van der Waals surface area (Å²) in [6, 6.07) is 9.74. The molecule has 0 unspecified atom stereocenters. The molecule has 0 fully saturated rings. The SMILES string of the molecule is CN(Cc1ncc[nH]1)C(=O)C=Cc1ccccc1. The van der Waals surface area contributed by atoms with Gasteiger partial charge in [0.15, 0.2) is 0 Å². The van der Waals surface area contributed by atoms with Crippen LogP contribution >= 0.6 is 0 Å². The molecule has 0 aliphatic carbocycles. The highest BCUT2D eigenvalue weighted by Crippen LogP contribution is 2.03. The fraction of sp³-hybridized carbons (Fsp3) is 0.143. The molecule has 0 aliphatic heterocycles. The number of amides is 1. The van der Waals surface area contributed by atoms with E-state index in [-0.39, 0.29) is 5.91 Å². The molecule has 1 N–H and O–H groups in total. The maximum Gasteiger partial charge on any atom is 0.246 e. The molecule has 4 nitrogen and oxygen atoms in total. The van der Waals surface area contributed by atoms with E-state index >= 15 is 0 Å². The molecule has 2 aromatic rings. The molecule has 4 heteroatoms. The smallest absolute Gasteiger partial charge is 0.246 e. The molecule has 0 saturated carbocycles. The minimum atomic E-state index is -0.0461. The first-order chi connectivity index (χ1) is 8.75. The van der Waals surface area contributed by atoms with E-state index in [9.17, 15) is 4.79 Å². The summed E-state index contributed by atoms with van der Waals surface area (Å²) in [5.41, 5.74) is 1.01. The Hall–Kier alpha value is -2.36. The minimum absolute atomic E-state index is 0.0461. The van der Waals surface area contributed by atoms with Gasteiger partial charge < -0.3 is 9.88 Å². The summed E-state index contributed by atoms with van der Waals surface area (Å²) in [6.45, 7) is 0.477. The summed E-state index contributed by atoms with van der Waals surface area (Å²) in [6.07, 6.45) is 6.79. The van der Waals surface area contributed by atoms with Gasteiger partial charge in [-0.05, 0) is 11.6 Å². The van der Waals surface area contributed by atoms with Crippen molar-refractivity contribution in [1.29, 1.82) is 0 Å². The third kappa shape index (κ3) is 3.31. The van der Waals surface area contributed by atoms with Crippen LogP contribution < -0.4 is 0 Å². The zero-order valence-electron chi connectivity index (χ0n) is 10.2. The van der Waals surface area contributed by atoms with Crippen molar-refractivity contribution in [3.05, 3.63) is 60.2 Å². The van der Waals surface area contributed by atoms with Crippen molar-refractivity contribution < 1.29 is 4.79 Å².